The molecule has 5 unspecified atom stereocenters. The van der Waals surface area contributed by atoms with Gasteiger partial charge in [-0.2, -0.15) is 0 Å². The largest absolute Gasteiger partial charge is 0.472 e. The third-order valence-corrected chi connectivity index (χ3v) is 17.9. The van der Waals surface area contributed by atoms with Gasteiger partial charge in [-0.05, 0) is 148 Å². The molecular weight excluding hydrogens is 1350 g/mol. The van der Waals surface area contributed by atoms with Gasteiger partial charge in [-0.25, -0.2) is 9.13 Å². The first-order valence-corrected chi connectivity index (χ1v) is 42.7. The molecule has 0 saturated heterocycles. The van der Waals surface area contributed by atoms with Gasteiger partial charge < -0.3 is 33.8 Å². The van der Waals surface area contributed by atoms with Crippen molar-refractivity contribution >= 4 is 39.5 Å². The molecule has 0 aliphatic heterocycles. The first-order chi connectivity index (χ1) is 50.7. The monoisotopic (exact) mass is 1490 g/mol. The van der Waals surface area contributed by atoms with Crippen LogP contribution in [-0.4, -0.2) is 96.7 Å². The Morgan fingerprint density at radius 3 is 0.865 bits per heavy atom. The Hall–Kier alpha value is -5.32. The van der Waals surface area contributed by atoms with Crippen molar-refractivity contribution in [3.05, 3.63) is 158 Å². The molecule has 0 radical (unpaired) electrons. The number of phosphoric acid groups is 2. The van der Waals surface area contributed by atoms with Crippen LogP contribution in [0.25, 0.3) is 0 Å². The molecule has 0 aliphatic carbocycles. The van der Waals surface area contributed by atoms with Crippen LogP contribution < -0.4 is 0 Å². The smallest absolute Gasteiger partial charge is 0.462 e. The molecule has 5 atom stereocenters. The molecule has 0 amide bonds. The number of carbonyl (C=O) groups is 4. The quantitative estimate of drug-likeness (QED) is 0.0169. The summed E-state index contributed by atoms with van der Waals surface area (Å²) in [5.74, 6) is -2.38. The Kier molecular flexibility index (Phi) is 72.0. The summed E-state index contributed by atoms with van der Waals surface area (Å²) in [4.78, 5) is 73.0. The van der Waals surface area contributed by atoms with E-state index in [-0.39, 0.29) is 25.7 Å². The first kappa shape index (κ1) is 98.7. The Balaban J connectivity index is 5.47. The summed E-state index contributed by atoms with van der Waals surface area (Å²) < 4.78 is 68.5. The molecule has 0 heterocycles. The number of allylic oxidation sites excluding steroid dienone is 25. The molecule has 0 aromatic rings. The standard InChI is InChI=1S/C85H140O17P2/c1-5-9-13-17-21-25-29-33-37-39-43-46-50-54-58-62-66-70-83(88)96-76-81(102-85(90)72-68-64-60-56-52-48-44-40-38-34-30-26-22-18-14-10-6-2)78-100-104(93,94)98-74-79(86)73-97-103(91,92)99-77-80(101-84(89)71-67-63-59-55-51-47-42-36-32-28-24-20-16-12-8-4)75-95-82(87)69-65-61-57-53-49-45-41-35-31-27-23-19-15-11-7-3/h9-11,13-15,21-23,25-27,33-38,41-43,46,49,53,61,65,79-81,86H,5-8,12,16-20,24,28-32,39-40,44-45,47-48,50-52,54-60,62-64,66-78H2,1-4H3,(H,91,92)(H,93,94)/b13-9-,14-10-,15-11-,25-21-,26-22-,27-23-,37-33-,38-34-,41-35-,42-36-,46-43-,53-49-,65-61-. The number of esters is 4. The number of ether oxygens (including phenoxy) is 4. The number of aliphatic hydroxyl groups excluding tert-OH is 1. The molecule has 17 nitrogen and oxygen atoms in total. The lowest BCUT2D eigenvalue weighted by Gasteiger charge is -2.21. The fraction of sp³-hybridized carbons (Fsp3) is 0.647. The van der Waals surface area contributed by atoms with Crippen molar-refractivity contribution in [1.82, 2.24) is 0 Å². The van der Waals surface area contributed by atoms with Gasteiger partial charge in [-0.15, -0.1) is 0 Å². The van der Waals surface area contributed by atoms with Crippen LogP contribution in [0.4, 0.5) is 0 Å². The maximum absolute atomic E-state index is 13.1. The number of unbranched alkanes of at least 4 members (excludes halogenated alkanes) is 22. The second-order valence-electron chi connectivity index (χ2n) is 25.9. The van der Waals surface area contributed by atoms with Crippen LogP contribution in [-0.2, 0) is 65.4 Å². The average Bonchev–Trinajstić information content (AvgIpc) is 0.926. The van der Waals surface area contributed by atoms with Crippen LogP contribution in [0.2, 0.25) is 0 Å². The van der Waals surface area contributed by atoms with E-state index < -0.39 is 97.5 Å². The SMILES string of the molecule is CC/C=C\C/C=C\C/C=C\C/C=C\C/C=C\CC(=O)OCC(COP(=O)(O)OCC(O)COP(=O)(O)OCC(COC(=O)CCCCCC/C=C\C/C=C\C/C=C\C/C=C\CC)OC(=O)CCCCCCCCC/C=C\C/C=C\C/C=C\CC)OC(=O)CCCCCCC/C=C\CCCCCCCC. The number of phosphoric ester groups is 2. The minimum atomic E-state index is -5.01. The fourth-order valence-electron chi connectivity index (χ4n) is 10.1. The Labute approximate surface area is 629 Å². The maximum Gasteiger partial charge on any atom is 0.472 e. The maximum atomic E-state index is 13.1. The lowest BCUT2D eigenvalue weighted by molar-refractivity contribution is -0.161. The van der Waals surface area contributed by atoms with E-state index in [0.717, 1.165) is 180 Å². The van der Waals surface area contributed by atoms with Crippen molar-refractivity contribution in [2.75, 3.05) is 39.6 Å². The van der Waals surface area contributed by atoms with Gasteiger partial charge in [0.15, 0.2) is 12.2 Å². The summed E-state index contributed by atoms with van der Waals surface area (Å²) in [6, 6.07) is 0. The van der Waals surface area contributed by atoms with Crippen molar-refractivity contribution in [3.63, 3.8) is 0 Å². The second kappa shape index (κ2) is 75.9. The summed E-state index contributed by atoms with van der Waals surface area (Å²) in [6.07, 6.45) is 88.2. The van der Waals surface area contributed by atoms with E-state index in [1.54, 1.807) is 6.08 Å². The molecule has 0 aromatic heterocycles. The molecule has 0 aliphatic rings. The Bertz CT molecular complexity index is 2590. The predicted octanol–water partition coefficient (Wildman–Crippen LogP) is 23.2. The number of hydrogen-bond donors (Lipinski definition) is 3. The van der Waals surface area contributed by atoms with Crippen molar-refractivity contribution < 1.29 is 80.2 Å². The highest BCUT2D eigenvalue weighted by atomic mass is 31.2. The third-order valence-electron chi connectivity index (χ3n) is 16.0. The topological polar surface area (TPSA) is 237 Å². The van der Waals surface area contributed by atoms with Gasteiger partial charge in [0.25, 0.3) is 0 Å². The van der Waals surface area contributed by atoms with Gasteiger partial charge in [0.05, 0.1) is 32.8 Å². The van der Waals surface area contributed by atoms with Gasteiger partial charge in [-0.3, -0.25) is 37.3 Å². The van der Waals surface area contributed by atoms with Crippen LogP contribution >= 0.6 is 15.6 Å². The zero-order valence-electron chi connectivity index (χ0n) is 64.6. The van der Waals surface area contributed by atoms with E-state index >= 15 is 0 Å². The van der Waals surface area contributed by atoms with E-state index in [1.807, 2.05) is 18.2 Å². The van der Waals surface area contributed by atoms with Crippen LogP contribution in [0.1, 0.15) is 297 Å². The van der Waals surface area contributed by atoms with Crippen molar-refractivity contribution in [2.24, 2.45) is 0 Å². The molecule has 0 fully saturated rings. The molecule has 3 N–H and O–H groups in total. The van der Waals surface area contributed by atoms with Gasteiger partial charge in [-0.1, -0.05) is 282 Å². The minimum Gasteiger partial charge on any atom is -0.462 e. The molecule has 0 saturated carbocycles. The van der Waals surface area contributed by atoms with Gasteiger partial charge >= 0.3 is 39.5 Å². The zero-order chi connectivity index (χ0) is 76.0. The number of hydrogen-bond acceptors (Lipinski definition) is 15. The molecular formula is C85H140O17P2. The molecule has 0 rings (SSSR count). The Morgan fingerprint density at radius 1 is 0.288 bits per heavy atom. The van der Waals surface area contributed by atoms with Gasteiger partial charge in [0.1, 0.15) is 19.3 Å². The van der Waals surface area contributed by atoms with Gasteiger partial charge in [0, 0.05) is 19.3 Å². The van der Waals surface area contributed by atoms with E-state index in [1.165, 1.54) is 38.5 Å². The van der Waals surface area contributed by atoms with Gasteiger partial charge in [0.2, 0.25) is 0 Å². The average molecular weight is 1500 g/mol. The highest BCUT2D eigenvalue weighted by Crippen LogP contribution is 2.45. The highest BCUT2D eigenvalue weighted by Gasteiger charge is 2.30. The third kappa shape index (κ3) is 74.9. The molecule has 19 heteroatoms. The summed E-state index contributed by atoms with van der Waals surface area (Å²) >= 11 is 0. The predicted molar refractivity (Wildman–Crippen MR) is 427 cm³/mol. The minimum absolute atomic E-state index is 0.0611. The van der Waals surface area contributed by atoms with E-state index in [0.29, 0.717) is 25.7 Å². The van der Waals surface area contributed by atoms with Crippen LogP contribution in [0.5, 0.6) is 0 Å². The summed E-state index contributed by atoms with van der Waals surface area (Å²) in [5, 5.41) is 10.6. The number of carbonyl (C=O) groups excluding carboxylic acids is 4. The number of aliphatic hydroxyl groups is 1. The normalized spacial score (nSPS) is 14.7. The zero-order valence-corrected chi connectivity index (χ0v) is 66.4. The van der Waals surface area contributed by atoms with Crippen molar-refractivity contribution in [1.29, 1.82) is 0 Å². The highest BCUT2D eigenvalue weighted by molar-refractivity contribution is 7.47. The van der Waals surface area contributed by atoms with Crippen molar-refractivity contribution in [3.8, 4) is 0 Å². The second-order valence-corrected chi connectivity index (χ2v) is 28.8. The van der Waals surface area contributed by atoms with Crippen LogP contribution in [0.15, 0.2) is 158 Å². The van der Waals surface area contributed by atoms with Crippen LogP contribution in [0, 0.1) is 0 Å². The first-order valence-electron chi connectivity index (χ1n) is 39.7. The Morgan fingerprint density at radius 2 is 0.538 bits per heavy atom. The van der Waals surface area contributed by atoms with E-state index in [9.17, 15) is 43.2 Å². The molecule has 0 aromatic carbocycles. The van der Waals surface area contributed by atoms with Crippen molar-refractivity contribution in [2.45, 2.75) is 316 Å². The fourth-order valence-corrected chi connectivity index (χ4v) is 11.6. The number of rotatable bonds is 73. The summed E-state index contributed by atoms with van der Waals surface area (Å²) in [7, 11) is -10.0. The summed E-state index contributed by atoms with van der Waals surface area (Å²) in [6.45, 7) is 4.37. The lowest BCUT2D eigenvalue weighted by Crippen LogP contribution is -2.30. The van der Waals surface area contributed by atoms with E-state index in [4.69, 9.17) is 37.0 Å². The molecule has 592 valence electrons. The molecule has 104 heavy (non-hydrogen) atoms. The molecule has 0 spiro atoms. The van der Waals surface area contributed by atoms with Crippen LogP contribution in [0.3, 0.4) is 0 Å². The molecule has 0 bridgehead atoms. The lowest BCUT2D eigenvalue weighted by atomic mass is 10.1. The summed E-state index contributed by atoms with van der Waals surface area (Å²) in [5.41, 5.74) is 0. The van der Waals surface area contributed by atoms with E-state index in [2.05, 4.69) is 161 Å².